The van der Waals surface area contributed by atoms with Crippen LogP contribution in [0.1, 0.15) is 55.6 Å². The summed E-state index contributed by atoms with van der Waals surface area (Å²) >= 11 is 0. The summed E-state index contributed by atoms with van der Waals surface area (Å²) in [6.45, 7) is 5.95. The van der Waals surface area contributed by atoms with E-state index in [-0.39, 0.29) is 17.2 Å². The van der Waals surface area contributed by atoms with Gasteiger partial charge in [-0.3, -0.25) is 0 Å². The second kappa shape index (κ2) is 7.60. The van der Waals surface area contributed by atoms with E-state index in [9.17, 15) is 8.78 Å². The molecule has 3 aromatic rings. The van der Waals surface area contributed by atoms with Gasteiger partial charge < -0.3 is 4.42 Å². The summed E-state index contributed by atoms with van der Waals surface area (Å²) < 4.78 is 34.3. The maximum atomic E-state index is 14.4. The quantitative estimate of drug-likeness (QED) is 0.583. The molecule has 0 saturated heterocycles. The summed E-state index contributed by atoms with van der Waals surface area (Å²) in [5, 5.41) is 16.6. The third-order valence-corrected chi connectivity index (χ3v) is 5.88. The summed E-state index contributed by atoms with van der Waals surface area (Å²) in [5.41, 5.74) is 0.736. The highest BCUT2D eigenvalue weighted by atomic mass is 19.1. The van der Waals surface area contributed by atoms with Gasteiger partial charge in [0.1, 0.15) is 11.6 Å². The number of hydrogen-bond acceptors (Lipinski definition) is 5. The first-order chi connectivity index (χ1) is 14.3. The number of hydrogen-bond donors (Lipinski definition) is 0. The van der Waals surface area contributed by atoms with Crippen molar-refractivity contribution in [2.75, 3.05) is 0 Å². The largest absolute Gasteiger partial charge is 0.426 e. The maximum absolute atomic E-state index is 14.4. The molecule has 0 bridgehead atoms. The lowest BCUT2D eigenvalue weighted by atomic mass is 9.65. The zero-order chi connectivity index (χ0) is 21.5. The van der Waals surface area contributed by atoms with E-state index in [2.05, 4.69) is 40.2 Å². The first-order valence-corrected chi connectivity index (χ1v) is 9.94. The average molecular weight is 408 g/mol. The highest BCUT2D eigenvalue weighted by molar-refractivity contribution is 5.62. The molecule has 1 aliphatic rings. The van der Waals surface area contributed by atoms with Crippen molar-refractivity contribution in [2.24, 2.45) is 5.92 Å². The Morgan fingerprint density at radius 3 is 2.53 bits per heavy atom. The topological polar surface area (TPSA) is 64.7 Å². The lowest BCUT2D eigenvalue weighted by molar-refractivity contribution is 0.327. The Bertz CT molecular complexity index is 1110. The molecule has 0 aliphatic heterocycles. The summed E-state index contributed by atoms with van der Waals surface area (Å²) in [5.74, 6) is 2.89. The molecule has 4 rings (SSSR count). The molecule has 0 N–H and O–H groups in total. The zero-order valence-corrected chi connectivity index (χ0v) is 17.1. The number of rotatable bonds is 4. The molecule has 0 saturated carbocycles. The van der Waals surface area contributed by atoms with Crippen LogP contribution >= 0.6 is 0 Å². The molecule has 2 atom stereocenters. The maximum Gasteiger partial charge on any atom is 0.218 e. The molecule has 0 amide bonds. The van der Waals surface area contributed by atoms with Crippen LogP contribution in [0, 0.1) is 36.8 Å². The molecule has 0 radical (unpaired) electrons. The fourth-order valence-electron chi connectivity index (χ4n) is 4.32. The Morgan fingerprint density at radius 2 is 1.93 bits per heavy atom. The zero-order valence-electron chi connectivity index (χ0n) is 17.1. The van der Waals surface area contributed by atoms with Crippen LogP contribution in [-0.4, -0.2) is 20.4 Å². The van der Waals surface area contributed by atoms with Crippen LogP contribution in [0.5, 0.6) is 0 Å². The van der Waals surface area contributed by atoms with Gasteiger partial charge in [0.2, 0.25) is 11.8 Å². The standard InChI is InChI=1S/C23H22F2N4O/c1-5-23(12-20-28-26-14(4)30-20)10-9-15(13(2)3)16-11-19(27-29-22(16)23)21-17(24)7-6-8-18(21)25/h1,6-8,11,13,15H,9-10,12H2,2-4H3/t15-,23-/m1/s1. The highest BCUT2D eigenvalue weighted by Crippen LogP contribution is 2.46. The van der Waals surface area contributed by atoms with Crippen LogP contribution in [0.4, 0.5) is 8.78 Å². The normalized spacial score (nSPS) is 20.8. The summed E-state index contributed by atoms with van der Waals surface area (Å²) in [6, 6.07) is 5.48. The molecule has 2 aromatic heterocycles. The van der Waals surface area contributed by atoms with Crippen LogP contribution in [0.25, 0.3) is 11.3 Å². The highest BCUT2D eigenvalue weighted by Gasteiger charge is 2.43. The second-order valence-electron chi connectivity index (χ2n) is 8.14. The summed E-state index contributed by atoms with van der Waals surface area (Å²) in [6.07, 6.45) is 7.83. The van der Waals surface area contributed by atoms with E-state index in [1.54, 1.807) is 13.0 Å². The van der Waals surface area contributed by atoms with Crippen molar-refractivity contribution in [3.63, 3.8) is 0 Å². The molecule has 1 aromatic carbocycles. The average Bonchev–Trinajstić information content (AvgIpc) is 3.12. The van der Waals surface area contributed by atoms with Gasteiger partial charge in [-0.1, -0.05) is 25.8 Å². The first kappa shape index (κ1) is 20.1. The van der Waals surface area contributed by atoms with Gasteiger partial charge in [-0.25, -0.2) is 8.78 Å². The van der Waals surface area contributed by atoms with Gasteiger partial charge in [-0.2, -0.15) is 5.10 Å². The summed E-state index contributed by atoms with van der Waals surface area (Å²) in [4.78, 5) is 0. The summed E-state index contributed by atoms with van der Waals surface area (Å²) in [7, 11) is 0. The van der Waals surface area contributed by atoms with Crippen LogP contribution in [0.3, 0.4) is 0 Å². The fourth-order valence-corrected chi connectivity index (χ4v) is 4.32. The van der Waals surface area contributed by atoms with Crippen molar-refractivity contribution in [3.8, 4) is 23.6 Å². The van der Waals surface area contributed by atoms with Crippen molar-refractivity contribution >= 4 is 0 Å². The van der Waals surface area contributed by atoms with Gasteiger partial charge in [0.25, 0.3) is 0 Å². The number of nitrogens with zero attached hydrogens (tertiary/aromatic N) is 4. The molecule has 30 heavy (non-hydrogen) atoms. The molecule has 0 unspecified atom stereocenters. The predicted molar refractivity (Wildman–Crippen MR) is 107 cm³/mol. The van der Waals surface area contributed by atoms with Crippen molar-refractivity contribution in [3.05, 3.63) is 58.9 Å². The van der Waals surface area contributed by atoms with E-state index < -0.39 is 17.0 Å². The van der Waals surface area contributed by atoms with E-state index in [0.29, 0.717) is 36.2 Å². The van der Waals surface area contributed by atoms with Gasteiger partial charge in [0, 0.05) is 13.3 Å². The Hall–Kier alpha value is -3.14. The predicted octanol–water partition coefficient (Wildman–Crippen LogP) is 4.76. The van der Waals surface area contributed by atoms with Gasteiger partial charge in [0.15, 0.2) is 0 Å². The fraction of sp³-hybridized carbons (Fsp3) is 0.391. The monoisotopic (exact) mass is 408 g/mol. The molecule has 5 nitrogen and oxygen atoms in total. The smallest absolute Gasteiger partial charge is 0.218 e. The van der Waals surface area contributed by atoms with E-state index in [1.165, 1.54) is 18.2 Å². The van der Waals surface area contributed by atoms with Crippen LogP contribution in [-0.2, 0) is 11.8 Å². The van der Waals surface area contributed by atoms with E-state index in [1.807, 2.05) is 0 Å². The number of benzene rings is 1. The van der Waals surface area contributed by atoms with E-state index in [0.717, 1.165) is 12.0 Å². The minimum absolute atomic E-state index is 0.148. The molecule has 0 fully saturated rings. The van der Waals surface area contributed by atoms with Crippen molar-refractivity contribution in [2.45, 2.75) is 51.4 Å². The third-order valence-electron chi connectivity index (χ3n) is 5.88. The van der Waals surface area contributed by atoms with Crippen LogP contribution < -0.4 is 0 Å². The molecular weight excluding hydrogens is 386 g/mol. The number of fused-ring (bicyclic) bond motifs is 1. The van der Waals surface area contributed by atoms with Gasteiger partial charge in [-0.05, 0) is 48.4 Å². The third kappa shape index (κ3) is 3.36. The van der Waals surface area contributed by atoms with Crippen LogP contribution in [0.15, 0.2) is 28.7 Å². The molecule has 1 aliphatic carbocycles. The Balaban J connectivity index is 1.87. The van der Waals surface area contributed by atoms with Gasteiger partial charge >= 0.3 is 0 Å². The van der Waals surface area contributed by atoms with Crippen LogP contribution in [0.2, 0.25) is 0 Å². The van der Waals surface area contributed by atoms with E-state index >= 15 is 0 Å². The number of halogens is 2. The van der Waals surface area contributed by atoms with Crippen molar-refractivity contribution in [1.29, 1.82) is 0 Å². The van der Waals surface area contributed by atoms with Gasteiger partial charge in [-0.15, -0.1) is 21.7 Å². The number of aromatic nitrogens is 4. The lowest BCUT2D eigenvalue weighted by Crippen LogP contribution is -2.36. The van der Waals surface area contributed by atoms with Crippen molar-refractivity contribution in [1.82, 2.24) is 20.4 Å². The molecule has 154 valence electrons. The van der Waals surface area contributed by atoms with Crippen molar-refractivity contribution < 1.29 is 13.2 Å². The number of terminal acetylenes is 1. The number of aryl methyl sites for hydroxylation is 1. The molecule has 7 heteroatoms. The Labute approximate surface area is 173 Å². The lowest BCUT2D eigenvalue weighted by Gasteiger charge is -2.38. The first-order valence-electron chi connectivity index (χ1n) is 9.94. The molecule has 2 heterocycles. The Kier molecular flexibility index (Phi) is 5.10. The minimum atomic E-state index is -0.765. The molecular formula is C23H22F2N4O. The SMILES string of the molecule is C#C[C@]1(Cc2nnc(C)o2)CC[C@H](C(C)C)c2cc(-c3c(F)cccc3F)nnc21. The second-order valence-corrected chi connectivity index (χ2v) is 8.14. The van der Waals surface area contributed by atoms with E-state index in [4.69, 9.17) is 10.8 Å². The Morgan fingerprint density at radius 1 is 1.20 bits per heavy atom. The minimum Gasteiger partial charge on any atom is -0.426 e. The van der Waals surface area contributed by atoms with Gasteiger partial charge in [0.05, 0.1) is 22.4 Å². The molecule has 0 spiro atoms.